The first kappa shape index (κ1) is 15.4. The van der Waals surface area contributed by atoms with Crippen LogP contribution in [0.15, 0.2) is 0 Å². The van der Waals surface area contributed by atoms with Gasteiger partial charge in [-0.25, -0.2) is 15.0 Å². The second-order valence-corrected chi connectivity index (χ2v) is 4.95. The molecule has 1 atom stereocenters. The van der Waals surface area contributed by atoms with Gasteiger partial charge in [-0.3, -0.25) is 0 Å². The van der Waals surface area contributed by atoms with Crippen molar-refractivity contribution in [3.8, 4) is 0 Å². The molecule has 1 aromatic rings. The van der Waals surface area contributed by atoms with E-state index in [1.54, 1.807) is 0 Å². The number of hydrogen-bond donors (Lipinski definition) is 0. The highest BCUT2D eigenvalue weighted by Crippen LogP contribution is 2.32. The van der Waals surface area contributed by atoms with Crippen LogP contribution in [0.25, 0.3) is 0 Å². The van der Waals surface area contributed by atoms with E-state index in [9.17, 15) is 0 Å². The molecular formula is C14H24ClN3. The van der Waals surface area contributed by atoms with E-state index in [1.807, 2.05) is 13.8 Å². The maximum Gasteiger partial charge on any atom is 0.225 e. The van der Waals surface area contributed by atoms with Crippen LogP contribution in [0.5, 0.6) is 0 Å². The van der Waals surface area contributed by atoms with Crippen LogP contribution in [0.2, 0.25) is 5.28 Å². The SMILES string of the molecule is CC.CCC(C)c1nc(Cl)nc(C2CCCC2)n1. The molecule has 1 saturated carbocycles. The molecule has 4 heteroatoms. The smallest absolute Gasteiger partial charge is 0.217 e. The predicted octanol–water partition coefficient (Wildman–Crippen LogP) is 4.72. The molecule has 0 aromatic carbocycles. The summed E-state index contributed by atoms with van der Waals surface area (Å²) < 4.78 is 0. The van der Waals surface area contributed by atoms with Crippen molar-refractivity contribution in [1.82, 2.24) is 15.0 Å². The summed E-state index contributed by atoms with van der Waals surface area (Å²) in [7, 11) is 0. The Morgan fingerprint density at radius 3 is 2.33 bits per heavy atom. The minimum absolute atomic E-state index is 0.354. The lowest BCUT2D eigenvalue weighted by Crippen LogP contribution is -2.08. The fourth-order valence-electron chi connectivity index (χ4n) is 2.15. The number of halogens is 1. The Morgan fingerprint density at radius 2 is 1.78 bits per heavy atom. The highest BCUT2D eigenvalue weighted by Gasteiger charge is 2.22. The van der Waals surface area contributed by atoms with Crippen molar-refractivity contribution in [3.05, 3.63) is 16.9 Å². The van der Waals surface area contributed by atoms with E-state index in [1.165, 1.54) is 25.7 Å². The minimum Gasteiger partial charge on any atom is -0.217 e. The maximum atomic E-state index is 5.97. The molecule has 0 radical (unpaired) electrons. The third-order valence-corrected chi connectivity index (χ3v) is 3.59. The first-order valence-corrected chi connectivity index (χ1v) is 7.50. The quantitative estimate of drug-likeness (QED) is 0.797. The lowest BCUT2D eigenvalue weighted by molar-refractivity contribution is 0.614. The first-order chi connectivity index (χ1) is 8.70. The average Bonchev–Trinajstić information content (AvgIpc) is 2.93. The molecule has 1 heterocycles. The zero-order chi connectivity index (χ0) is 13.5. The van der Waals surface area contributed by atoms with Crippen molar-refractivity contribution >= 4 is 11.6 Å². The molecule has 0 spiro atoms. The molecule has 3 nitrogen and oxygen atoms in total. The van der Waals surface area contributed by atoms with Gasteiger partial charge in [-0.05, 0) is 30.9 Å². The summed E-state index contributed by atoms with van der Waals surface area (Å²) >= 11 is 5.97. The van der Waals surface area contributed by atoms with Gasteiger partial charge in [-0.1, -0.05) is 40.5 Å². The summed E-state index contributed by atoms with van der Waals surface area (Å²) in [5.41, 5.74) is 0. The third-order valence-electron chi connectivity index (χ3n) is 3.42. The number of rotatable bonds is 3. The summed E-state index contributed by atoms with van der Waals surface area (Å²) in [5, 5.41) is 0.354. The lowest BCUT2D eigenvalue weighted by atomic mass is 10.1. The molecule has 1 aliphatic carbocycles. The molecule has 1 unspecified atom stereocenters. The van der Waals surface area contributed by atoms with Gasteiger partial charge in [0.25, 0.3) is 0 Å². The van der Waals surface area contributed by atoms with Crippen LogP contribution in [0.4, 0.5) is 0 Å². The Bertz CT molecular complexity index is 362. The monoisotopic (exact) mass is 269 g/mol. The number of nitrogens with zero attached hydrogens (tertiary/aromatic N) is 3. The first-order valence-electron chi connectivity index (χ1n) is 7.12. The predicted molar refractivity (Wildman–Crippen MR) is 76.1 cm³/mol. The Labute approximate surface area is 115 Å². The largest absolute Gasteiger partial charge is 0.225 e. The van der Waals surface area contributed by atoms with Crippen molar-refractivity contribution in [3.63, 3.8) is 0 Å². The van der Waals surface area contributed by atoms with Crippen LogP contribution >= 0.6 is 11.6 Å². The normalized spacial score (nSPS) is 17.2. The Hall–Kier alpha value is -0.700. The van der Waals surface area contributed by atoms with Crippen LogP contribution in [0, 0.1) is 0 Å². The zero-order valence-corrected chi connectivity index (χ0v) is 12.7. The molecular weight excluding hydrogens is 246 g/mol. The Morgan fingerprint density at radius 1 is 1.17 bits per heavy atom. The van der Waals surface area contributed by atoms with Crippen LogP contribution in [0.3, 0.4) is 0 Å². The van der Waals surface area contributed by atoms with E-state index in [0.29, 0.717) is 17.1 Å². The minimum atomic E-state index is 0.354. The van der Waals surface area contributed by atoms with Gasteiger partial charge in [0.1, 0.15) is 11.6 Å². The molecule has 2 rings (SSSR count). The van der Waals surface area contributed by atoms with Crippen molar-refractivity contribution in [2.24, 2.45) is 0 Å². The molecule has 1 aromatic heterocycles. The van der Waals surface area contributed by atoms with Gasteiger partial charge in [0.2, 0.25) is 5.28 Å². The van der Waals surface area contributed by atoms with Crippen molar-refractivity contribution in [1.29, 1.82) is 0 Å². The van der Waals surface area contributed by atoms with Gasteiger partial charge < -0.3 is 0 Å². The highest BCUT2D eigenvalue weighted by molar-refractivity contribution is 6.28. The molecule has 1 aliphatic rings. The average molecular weight is 270 g/mol. The van der Waals surface area contributed by atoms with E-state index in [2.05, 4.69) is 28.8 Å². The van der Waals surface area contributed by atoms with Crippen molar-refractivity contribution < 1.29 is 0 Å². The van der Waals surface area contributed by atoms with Crippen LogP contribution in [-0.4, -0.2) is 15.0 Å². The molecule has 18 heavy (non-hydrogen) atoms. The fraction of sp³-hybridized carbons (Fsp3) is 0.786. The Kier molecular flexibility index (Phi) is 6.55. The fourth-order valence-corrected chi connectivity index (χ4v) is 2.32. The second-order valence-electron chi connectivity index (χ2n) is 4.61. The van der Waals surface area contributed by atoms with Gasteiger partial charge in [0.15, 0.2) is 0 Å². The molecule has 0 aliphatic heterocycles. The van der Waals surface area contributed by atoms with Gasteiger partial charge in [0, 0.05) is 11.8 Å². The lowest BCUT2D eigenvalue weighted by Gasteiger charge is -2.12. The van der Waals surface area contributed by atoms with Crippen molar-refractivity contribution in [2.75, 3.05) is 0 Å². The Balaban J connectivity index is 0.000000771. The standard InChI is InChI=1S/C12H18ClN3.C2H6/c1-3-8(2)10-14-11(16-12(13)15-10)9-6-4-5-7-9;1-2/h8-9H,3-7H2,1-2H3;1-2H3. The third kappa shape index (κ3) is 3.91. The summed E-state index contributed by atoms with van der Waals surface area (Å²) in [6.45, 7) is 8.27. The van der Waals surface area contributed by atoms with E-state index in [-0.39, 0.29) is 0 Å². The van der Waals surface area contributed by atoms with E-state index < -0.39 is 0 Å². The van der Waals surface area contributed by atoms with E-state index in [0.717, 1.165) is 18.1 Å². The summed E-state index contributed by atoms with van der Waals surface area (Å²) in [5.74, 6) is 2.63. The topological polar surface area (TPSA) is 38.7 Å². The molecule has 0 N–H and O–H groups in total. The molecule has 1 fully saturated rings. The van der Waals surface area contributed by atoms with Crippen LogP contribution < -0.4 is 0 Å². The van der Waals surface area contributed by atoms with Gasteiger partial charge >= 0.3 is 0 Å². The molecule has 0 saturated heterocycles. The number of aromatic nitrogens is 3. The zero-order valence-electron chi connectivity index (χ0n) is 11.9. The van der Waals surface area contributed by atoms with Gasteiger partial charge in [-0.2, -0.15) is 0 Å². The highest BCUT2D eigenvalue weighted by atomic mass is 35.5. The van der Waals surface area contributed by atoms with E-state index in [4.69, 9.17) is 11.6 Å². The van der Waals surface area contributed by atoms with Crippen LogP contribution in [-0.2, 0) is 0 Å². The second kappa shape index (κ2) is 7.67. The number of hydrogen-bond acceptors (Lipinski definition) is 3. The molecule has 0 amide bonds. The van der Waals surface area contributed by atoms with Gasteiger partial charge in [0.05, 0.1) is 0 Å². The van der Waals surface area contributed by atoms with Gasteiger partial charge in [-0.15, -0.1) is 0 Å². The molecule has 0 bridgehead atoms. The molecule has 102 valence electrons. The van der Waals surface area contributed by atoms with Crippen LogP contribution in [0.1, 0.15) is 83.3 Å². The summed E-state index contributed by atoms with van der Waals surface area (Å²) in [6, 6.07) is 0. The maximum absolute atomic E-state index is 5.97. The van der Waals surface area contributed by atoms with Crippen molar-refractivity contribution in [2.45, 2.75) is 71.6 Å². The van der Waals surface area contributed by atoms with E-state index >= 15 is 0 Å². The summed E-state index contributed by atoms with van der Waals surface area (Å²) in [6.07, 6.45) is 5.99. The summed E-state index contributed by atoms with van der Waals surface area (Å²) in [4.78, 5) is 13.1.